The predicted molar refractivity (Wildman–Crippen MR) is 109 cm³/mol. The van der Waals surface area contributed by atoms with Crippen LogP contribution in [-0.2, 0) is 16.1 Å². The summed E-state index contributed by atoms with van der Waals surface area (Å²) in [6, 6.07) is 14.4. The van der Waals surface area contributed by atoms with Crippen molar-refractivity contribution in [1.29, 1.82) is 0 Å². The molecule has 2 N–H and O–H groups in total. The average molecular weight is 418 g/mol. The van der Waals surface area contributed by atoms with E-state index in [0.29, 0.717) is 6.54 Å². The lowest BCUT2D eigenvalue weighted by Crippen LogP contribution is -2.45. The van der Waals surface area contributed by atoms with Crippen LogP contribution in [0.15, 0.2) is 54.6 Å². The van der Waals surface area contributed by atoms with Gasteiger partial charge in [-0.2, -0.15) is 0 Å². The van der Waals surface area contributed by atoms with Gasteiger partial charge in [0.2, 0.25) is 0 Å². The van der Waals surface area contributed by atoms with Crippen molar-refractivity contribution < 1.29 is 28.6 Å². The normalized spacial score (nSPS) is 14.9. The Morgan fingerprint density at radius 1 is 0.867 bits per heavy atom. The van der Waals surface area contributed by atoms with Gasteiger partial charge in [0, 0.05) is 39.3 Å². The highest BCUT2D eigenvalue weighted by atomic mass is 19.2. The molecule has 1 aliphatic rings. The van der Waals surface area contributed by atoms with E-state index < -0.39 is 23.6 Å². The standard InChI is InChI=1S/C20H22F2N2.C2H2O4/c21-19-9-8-18(15-20(19)22)16-24-13-11-23(12-14-24)10-4-7-17-5-2-1-3-6-17;3-1(4)2(5)6/h1-9,15H,10-14,16H2;(H,3,4)(H,5,6)/b7-4+;. The number of carbonyl (C=O) groups is 2. The zero-order valence-corrected chi connectivity index (χ0v) is 16.4. The van der Waals surface area contributed by atoms with E-state index in [2.05, 4.69) is 34.1 Å². The summed E-state index contributed by atoms with van der Waals surface area (Å²) in [6.07, 6.45) is 4.34. The maximum Gasteiger partial charge on any atom is 0.414 e. The fourth-order valence-electron chi connectivity index (χ4n) is 2.93. The first-order chi connectivity index (χ1) is 14.3. The number of carboxylic acids is 2. The number of benzene rings is 2. The number of aliphatic carboxylic acids is 2. The summed E-state index contributed by atoms with van der Waals surface area (Å²) >= 11 is 0. The Kier molecular flexibility index (Phi) is 9.11. The van der Waals surface area contributed by atoms with Crippen LogP contribution in [0.2, 0.25) is 0 Å². The second kappa shape index (κ2) is 11.8. The average Bonchev–Trinajstić information content (AvgIpc) is 2.73. The lowest BCUT2D eigenvalue weighted by molar-refractivity contribution is -0.159. The molecule has 0 atom stereocenters. The van der Waals surface area contributed by atoms with Gasteiger partial charge in [0.05, 0.1) is 0 Å². The van der Waals surface area contributed by atoms with Gasteiger partial charge in [-0.15, -0.1) is 0 Å². The van der Waals surface area contributed by atoms with Crippen LogP contribution in [0, 0.1) is 11.6 Å². The molecule has 6 nitrogen and oxygen atoms in total. The molecular formula is C22H24F2N2O4. The largest absolute Gasteiger partial charge is 0.473 e. The molecule has 0 radical (unpaired) electrons. The minimum absolute atomic E-state index is 0.672. The fourth-order valence-corrected chi connectivity index (χ4v) is 2.93. The highest BCUT2D eigenvalue weighted by Gasteiger charge is 2.16. The number of hydrogen-bond donors (Lipinski definition) is 2. The van der Waals surface area contributed by atoms with Crippen LogP contribution in [0.4, 0.5) is 8.78 Å². The quantitative estimate of drug-likeness (QED) is 0.727. The van der Waals surface area contributed by atoms with Crippen molar-refractivity contribution in [3.63, 3.8) is 0 Å². The molecule has 0 amide bonds. The highest BCUT2D eigenvalue weighted by molar-refractivity contribution is 6.27. The van der Waals surface area contributed by atoms with Crippen molar-refractivity contribution >= 4 is 18.0 Å². The summed E-state index contributed by atoms with van der Waals surface area (Å²) in [7, 11) is 0. The summed E-state index contributed by atoms with van der Waals surface area (Å²) in [6.45, 7) is 5.47. The van der Waals surface area contributed by atoms with E-state index in [1.165, 1.54) is 17.7 Å². The molecule has 0 aromatic heterocycles. The molecule has 3 rings (SSSR count). The van der Waals surface area contributed by atoms with Crippen LogP contribution < -0.4 is 0 Å². The molecule has 2 aromatic carbocycles. The first kappa shape index (κ1) is 23.2. The number of nitrogens with zero attached hydrogens (tertiary/aromatic N) is 2. The third-order valence-electron chi connectivity index (χ3n) is 4.51. The summed E-state index contributed by atoms with van der Waals surface area (Å²) in [4.78, 5) is 22.9. The highest BCUT2D eigenvalue weighted by Crippen LogP contribution is 2.13. The summed E-state index contributed by atoms with van der Waals surface area (Å²) < 4.78 is 26.2. The second-order valence-electron chi connectivity index (χ2n) is 6.75. The number of piperazine rings is 1. The third kappa shape index (κ3) is 8.10. The summed E-state index contributed by atoms with van der Waals surface area (Å²) in [5.74, 6) is -5.20. The van der Waals surface area contributed by atoms with Gasteiger partial charge >= 0.3 is 11.9 Å². The lowest BCUT2D eigenvalue weighted by Gasteiger charge is -2.34. The van der Waals surface area contributed by atoms with Gasteiger partial charge in [0.1, 0.15) is 0 Å². The summed E-state index contributed by atoms with van der Waals surface area (Å²) in [5, 5.41) is 14.8. The van der Waals surface area contributed by atoms with Crippen LogP contribution in [0.1, 0.15) is 11.1 Å². The number of rotatable bonds is 5. The van der Waals surface area contributed by atoms with Crippen molar-refractivity contribution in [2.24, 2.45) is 0 Å². The van der Waals surface area contributed by atoms with E-state index in [4.69, 9.17) is 19.8 Å². The van der Waals surface area contributed by atoms with Gasteiger partial charge in [0.15, 0.2) is 11.6 Å². The van der Waals surface area contributed by atoms with Gasteiger partial charge in [-0.05, 0) is 23.3 Å². The predicted octanol–water partition coefficient (Wildman–Crippen LogP) is 2.95. The van der Waals surface area contributed by atoms with Crippen LogP contribution >= 0.6 is 0 Å². The zero-order valence-electron chi connectivity index (χ0n) is 16.4. The van der Waals surface area contributed by atoms with Gasteiger partial charge in [0.25, 0.3) is 0 Å². The smallest absolute Gasteiger partial charge is 0.414 e. The van der Waals surface area contributed by atoms with Crippen LogP contribution in [0.3, 0.4) is 0 Å². The Morgan fingerprint density at radius 3 is 2.03 bits per heavy atom. The molecule has 1 aliphatic heterocycles. The Hall–Kier alpha value is -3.10. The van der Waals surface area contributed by atoms with Gasteiger partial charge in [-0.25, -0.2) is 18.4 Å². The maximum absolute atomic E-state index is 13.3. The SMILES string of the molecule is Fc1ccc(CN2CCN(C/C=C/c3ccccc3)CC2)cc1F.O=C(O)C(=O)O. The molecule has 2 aromatic rings. The Morgan fingerprint density at radius 2 is 1.47 bits per heavy atom. The summed E-state index contributed by atoms with van der Waals surface area (Å²) in [5.41, 5.74) is 2.04. The molecule has 1 fully saturated rings. The molecule has 1 heterocycles. The third-order valence-corrected chi connectivity index (χ3v) is 4.51. The first-order valence-corrected chi connectivity index (χ1v) is 9.41. The second-order valence-corrected chi connectivity index (χ2v) is 6.75. The van der Waals surface area contributed by atoms with Crippen molar-refractivity contribution in [3.05, 3.63) is 77.4 Å². The Bertz CT molecular complexity index is 855. The van der Waals surface area contributed by atoms with E-state index in [1.807, 2.05) is 18.2 Å². The molecule has 8 heteroatoms. The maximum atomic E-state index is 13.3. The molecule has 1 saturated heterocycles. The molecule has 0 saturated carbocycles. The number of carboxylic acid groups (broad SMARTS) is 2. The van der Waals surface area contributed by atoms with E-state index in [0.717, 1.165) is 38.3 Å². The lowest BCUT2D eigenvalue weighted by atomic mass is 10.2. The molecule has 0 bridgehead atoms. The van der Waals surface area contributed by atoms with Crippen molar-refractivity contribution in [2.75, 3.05) is 32.7 Å². The number of hydrogen-bond acceptors (Lipinski definition) is 4. The minimum Gasteiger partial charge on any atom is -0.473 e. The Labute approximate surface area is 173 Å². The van der Waals surface area contributed by atoms with Crippen molar-refractivity contribution in [2.45, 2.75) is 6.54 Å². The van der Waals surface area contributed by atoms with E-state index >= 15 is 0 Å². The van der Waals surface area contributed by atoms with Gasteiger partial charge in [-0.1, -0.05) is 48.6 Å². The van der Waals surface area contributed by atoms with Crippen molar-refractivity contribution in [3.8, 4) is 0 Å². The minimum atomic E-state index is -1.82. The van der Waals surface area contributed by atoms with Gasteiger partial charge < -0.3 is 10.2 Å². The number of halogens is 2. The van der Waals surface area contributed by atoms with E-state index in [-0.39, 0.29) is 0 Å². The fraction of sp³-hybridized carbons (Fsp3) is 0.273. The van der Waals surface area contributed by atoms with Crippen LogP contribution in [0.5, 0.6) is 0 Å². The molecule has 30 heavy (non-hydrogen) atoms. The monoisotopic (exact) mass is 418 g/mol. The molecule has 0 spiro atoms. The van der Waals surface area contributed by atoms with Crippen LogP contribution in [0.25, 0.3) is 6.08 Å². The Balaban J connectivity index is 0.000000469. The van der Waals surface area contributed by atoms with Gasteiger partial charge in [-0.3, -0.25) is 9.80 Å². The van der Waals surface area contributed by atoms with E-state index in [9.17, 15) is 8.78 Å². The first-order valence-electron chi connectivity index (χ1n) is 9.41. The zero-order chi connectivity index (χ0) is 21.9. The van der Waals surface area contributed by atoms with E-state index in [1.54, 1.807) is 6.07 Å². The van der Waals surface area contributed by atoms with Crippen molar-refractivity contribution in [1.82, 2.24) is 9.80 Å². The molecule has 0 unspecified atom stereocenters. The molecule has 0 aliphatic carbocycles. The molecular weight excluding hydrogens is 394 g/mol. The van der Waals surface area contributed by atoms with Crippen LogP contribution in [-0.4, -0.2) is 64.7 Å². The topological polar surface area (TPSA) is 81.1 Å². The molecule has 160 valence electrons.